The fourth-order valence-electron chi connectivity index (χ4n) is 2.33. The van der Waals surface area contributed by atoms with E-state index in [0.717, 1.165) is 28.1 Å². The summed E-state index contributed by atoms with van der Waals surface area (Å²) in [4.78, 5) is 15.8. The molecule has 0 fully saturated rings. The number of hydrogen-bond donors (Lipinski definition) is 1. The largest absolute Gasteiger partial charge is 0.327 e. The summed E-state index contributed by atoms with van der Waals surface area (Å²) in [5.74, 6) is 0.837. The highest BCUT2D eigenvalue weighted by molar-refractivity contribution is 5.92. The molecule has 3 aromatic rings. The number of hydrogen-bond acceptors (Lipinski definition) is 2. The first-order valence-corrected chi connectivity index (χ1v) is 6.44. The van der Waals surface area contributed by atoms with Crippen LogP contribution in [0.25, 0.3) is 22.4 Å². The van der Waals surface area contributed by atoms with Crippen LogP contribution >= 0.6 is 0 Å². The van der Waals surface area contributed by atoms with Crippen molar-refractivity contribution in [3.8, 4) is 11.4 Å². The second kappa shape index (κ2) is 4.81. The van der Waals surface area contributed by atoms with Crippen molar-refractivity contribution in [3.05, 3.63) is 48.5 Å². The summed E-state index contributed by atoms with van der Waals surface area (Å²) in [5.41, 5.74) is 3.76. The summed E-state index contributed by atoms with van der Waals surface area (Å²) in [6, 6.07) is 15.8. The minimum Gasteiger partial charge on any atom is -0.327 e. The average molecular weight is 265 g/mol. The lowest BCUT2D eigenvalue weighted by molar-refractivity contribution is -0.114. The van der Waals surface area contributed by atoms with Gasteiger partial charge in [-0.1, -0.05) is 30.3 Å². The maximum atomic E-state index is 11.1. The van der Waals surface area contributed by atoms with Crippen LogP contribution in [0.4, 0.5) is 5.69 Å². The van der Waals surface area contributed by atoms with Crippen molar-refractivity contribution >= 4 is 22.6 Å². The van der Waals surface area contributed by atoms with Gasteiger partial charge in [-0.3, -0.25) is 4.79 Å². The molecule has 3 rings (SSSR count). The zero-order valence-corrected chi connectivity index (χ0v) is 11.4. The van der Waals surface area contributed by atoms with Gasteiger partial charge in [0.1, 0.15) is 5.82 Å². The van der Waals surface area contributed by atoms with Crippen LogP contribution in [0.15, 0.2) is 48.5 Å². The Balaban J connectivity index is 2.12. The molecule has 1 heterocycles. The number of benzene rings is 2. The molecule has 0 aliphatic rings. The van der Waals surface area contributed by atoms with Gasteiger partial charge < -0.3 is 9.88 Å². The number of nitrogens with zero attached hydrogens (tertiary/aromatic N) is 2. The zero-order valence-electron chi connectivity index (χ0n) is 11.4. The maximum absolute atomic E-state index is 11.1. The Hall–Kier alpha value is -2.62. The zero-order chi connectivity index (χ0) is 14.1. The van der Waals surface area contributed by atoms with E-state index < -0.39 is 0 Å². The van der Waals surface area contributed by atoms with Crippen molar-refractivity contribution in [1.82, 2.24) is 9.55 Å². The van der Waals surface area contributed by atoms with Crippen LogP contribution in [0.5, 0.6) is 0 Å². The van der Waals surface area contributed by atoms with E-state index in [9.17, 15) is 4.79 Å². The fourth-order valence-corrected chi connectivity index (χ4v) is 2.33. The molecule has 0 spiro atoms. The van der Waals surface area contributed by atoms with Gasteiger partial charge in [0.2, 0.25) is 5.91 Å². The number of amides is 1. The molecule has 0 saturated carbocycles. The Labute approximate surface area is 117 Å². The molecule has 4 nitrogen and oxygen atoms in total. The molecule has 4 heteroatoms. The Kier molecular flexibility index (Phi) is 2.99. The lowest BCUT2D eigenvalue weighted by Gasteiger charge is -2.03. The molecule has 1 amide bonds. The molecule has 0 unspecified atom stereocenters. The summed E-state index contributed by atoms with van der Waals surface area (Å²) < 4.78 is 2.06. The molecular weight excluding hydrogens is 250 g/mol. The van der Waals surface area contributed by atoms with Crippen molar-refractivity contribution < 1.29 is 4.79 Å². The van der Waals surface area contributed by atoms with Gasteiger partial charge in [-0.15, -0.1) is 0 Å². The van der Waals surface area contributed by atoms with Gasteiger partial charge in [0, 0.05) is 25.2 Å². The quantitative estimate of drug-likeness (QED) is 0.773. The van der Waals surface area contributed by atoms with Crippen LogP contribution < -0.4 is 5.32 Å². The van der Waals surface area contributed by atoms with Crippen LogP contribution in [-0.4, -0.2) is 15.5 Å². The molecule has 0 aliphatic carbocycles. The molecule has 2 aromatic carbocycles. The highest BCUT2D eigenvalue weighted by Gasteiger charge is 2.10. The molecule has 0 atom stereocenters. The van der Waals surface area contributed by atoms with Crippen molar-refractivity contribution in [2.24, 2.45) is 7.05 Å². The van der Waals surface area contributed by atoms with Gasteiger partial charge in [-0.2, -0.15) is 0 Å². The Bertz CT molecular complexity index is 775. The van der Waals surface area contributed by atoms with Gasteiger partial charge in [-0.25, -0.2) is 4.98 Å². The van der Waals surface area contributed by atoms with Gasteiger partial charge in [0.15, 0.2) is 0 Å². The van der Waals surface area contributed by atoms with E-state index in [0.29, 0.717) is 0 Å². The highest BCUT2D eigenvalue weighted by Crippen LogP contribution is 2.25. The summed E-state index contributed by atoms with van der Waals surface area (Å²) in [6.07, 6.45) is 0. The van der Waals surface area contributed by atoms with Gasteiger partial charge in [-0.05, 0) is 18.2 Å². The highest BCUT2D eigenvalue weighted by atomic mass is 16.1. The van der Waals surface area contributed by atoms with Crippen LogP contribution in [0.1, 0.15) is 6.92 Å². The molecule has 0 bridgehead atoms. The number of imidazole rings is 1. The van der Waals surface area contributed by atoms with Crippen molar-refractivity contribution in [2.45, 2.75) is 6.92 Å². The number of anilines is 1. The number of aryl methyl sites for hydroxylation is 1. The van der Waals surface area contributed by atoms with E-state index >= 15 is 0 Å². The standard InChI is InChI=1S/C16H15N3O/c1-11(20)17-13-8-9-15-14(10-13)18-16(19(15)2)12-6-4-3-5-7-12/h3-10H,1-2H3,(H,17,20). The molecule has 0 aliphatic heterocycles. The second-order valence-electron chi connectivity index (χ2n) is 4.75. The molecule has 20 heavy (non-hydrogen) atoms. The summed E-state index contributed by atoms with van der Waals surface area (Å²) in [7, 11) is 2.00. The van der Waals surface area contributed by atoms with Gasteiger partial charge in [0.25, 0.3) is 0 Å². The fraction of sp³-hybridized carbons (Fsp3) is 0.125. The third kappa shape index (κ3) is 2.16. The van der Waals surface area contributed by atoms with Crippen molar-refractivity contribution in [3.63, 3.8) is 0 Å². The number of nitrogens with one attached hydrogen (secondary N) is 1. The smallest absolute Gasteiger partial charge is 0.221 e. The molecule has 0 radical (unpaired) electrons. The third-order valence-corrected chi connectivity index (χ3v) is 3.23. The number of aromatic nitrogens is 2. The SMILES string of the molecule is CC(=O)Nc1ccc2c(c1)nc(-c1ccccc1)n2C. The van der Waals surface area contributed by atoms with Crippen molar-refractivity contribution in [2.75, 3.05) is 5.32 Å². The van der Waals surface area contributed by atoms with Crippen LogP contribution in [0.3, 0.4) is 0 Å². The van der Waals surface area contributed by atoms with E-state index in [4.69, 9.17) is 0 Å². The van der Waals surface area contributed by atoms with Crippen molar-refractivity contribution in [1.29, 1.82) is 0 Å². The predicted molar refractivity (Wildman–Crippen MR) is 80.5 cm³/mol. The van der Waals surface area contributed by atoms with E-state index in [1.165, 1.54) is 6.92 Å². The van der Waals surface area contributed by atoms with E-state index in [-0.39, 0.29) is 5.91 Å². The molecule has 1 aromatic heterocycles. The van der Waals surface area contributed by atoms with E-state index in [1.54, 1.807) is 0 Å². The second-order valence-corrected chi connectivity index (χ2v) is 4.75. The maximum Gasteiger partial charge on any atom is 0.221 e. The summed E-state index contributed by atoms with van der Waals surface area (Å²) in [6.45, 7) is 1.50. The van der Waals surface area contributed by atoms with Crippen LogP contribution in [0.2, 0.25) is 0 Å². The Morgan fingerprint density at radius 2 is 1.90 bits per heavy atom. The molecule has 0 saturated heterocycles. The monoisotopic (exact) mass is 265 g/mol. The lowest BCUT2D eigenvalue weighted by atomic mass is 10.2. The third-order valence-electron chi connectivity index (χ3n) is 3.23. The number of fused-ring (bicyclic) bond motifs is 1. The number of carbonyl (C=O) groups is 1. The average Bonchev–Trinajstić information content (AvgIpc) is 2.76. The Morgan fingerprint density at radius 1 is 1.15 bits per heavy atom. The van der Waals surface area contributed by atoms with Crippen LogP contribution in [0, 0.1) is 0 Å². The first-order valence-electron chi connectivity index (χ1n) is 6.44. The minimum atomic E-state index is -0.0800. The first-order chi connectivity index (χ1) is 9.65. The summed E-state index contributed by atoms with van der Waals surface area (Å²) in [5, 5.41) is 2.78. The predicted octanol–water partition coefficient (Wildman–Crippen LogP) is 3.20. The topological polar surface area (TPSA) is 46.9 Å². The van der Waals surface area contributed by atoms with Gasteiger partial charge >= 0.3 is 0 Å². The summed E-state index contributed by atoms with van der Waals surface area (Å²) >= 11 is 0. The van der Waals surface area contributed by atoms with Gasteiger partial charge in [0.05, 0.1) is 11.0 Å². The van der Waals surface area contributed by atoms with E-state index in [2.05, 4.69) is 14.9 Å². The first kappa shape index (κ1) is 12.4. The minimum absolute atomic E-state index is 0.0800. The number of rotatable bonds is 2. The number of carbonyl (C=O) groups excluding carboxylic acids is 1. The molecule has 1 N–H and O–H groups in total. The Morgan fingerprint density at radius 3 is 2.60 bits per heavy atom. The molecule has 100 valence electrons. The normalized spacial score (nSPS) is 10.7. The van der Waals surface area contributed by atoms with Crippen LogP contribution in [-0.2, 0) is 11.8 Å². The van der Waals surface area contributed by atoms with E-state index in [1.807, 2.05) is 55.6 Å². The molecular formula is C16H15N3O. The lowest BCUT2D eigenvalue weighted by Crippen LogP contribution is -2.05.